The van der Waals surface area contributed by atoms with Crippen molar-refractivity contribution in [1.82, 2.24) is 9.55 Å². The standard InChI is InChI=1S/C12H14BrN3O/c1-7-2-5-10(17-7)12-15-11(13)9-4-3-8(14)6-16(9)12/h2,5,8H,3-4,6,14H2,1H3. The Kier molecular flexibility index (Phi) is 2.60. The molecule has 3 rings (SSSR count). The summed E-state index contributed by atoms with van der Waals surface area (Å²) in [7, 11) is 0. The molecule has 2 aromatic rings. The third-order valence-electron chi connectivity index (χ3n) is 3.15. The Labute approximate surface area is 108 Å². The smallest absolute Gasteiger partial charge is 0.177 e. The van der Waals surface area contributed by atoms with E-state index in [0.717, 1.165) is 41.3 Å². The lowest BCUT2D eigenvalue weighted by molar-refractivity contribution is 0.456. The van der Waals surface area contributed by atoms with Crippen LogP contribution in [0, 0.1) is 6.92 Å². The molecule has 0 spiro atoms. The highest BCUT2D eigenvalue weighted by Gasteiger charge is 2.24. The Morgan fingerprint density at radius 3 is 3.06 bits per heavy atom. The van der Waals surface area contributed by atoms with Crippen molar-refractivity contribution < 1.29 is 4.42 Å². The Bertz CT molecular complexity index is 558. The quantitative estimate of drug-likeness (QED) is 0.879. The van der Waals surface area contributed by atoms with Crippen molar-refractivity contribution in [2.45, 2.75) is 32.4 Å². The molecule has 1 atom stereocenters. The highest BCUT2D eigenvalue weighted by atomic mass is 79.9. The number of imidazole rings is 1. The zero-order chi connectivity index (χ0) is 12.0. The fraction of sp³-hybridized carbons (Fsp3) is 0.417. The van der Waals surface area contributed by atoms with E-state index >= 15 is 0 Å². The van der Waals surface area contributed by atoms with Crippen LogP contribution in [-0.2, 0) is 13.0 Å². The minimum absolute atomic E-state index is 0.207. The molecule has 0 aromatic carbocycles. The Balaban J connectivity index is 2.12. The number of fused-ring (bicyclic) bond motifs is 1. The Morgan fingerprint density at radius 2 is 2.35 bits per heavy atom. The first kappa shape index (κ1) is 11.0. The normalized spacial score (nSPS) is 19.4. The molecule has 3 heterocycles. The molecule has 0 saturated carbocycles. The van der Waals surface area contributed by atoms with Crippen molar-refractivity contribution in [2.24, 2.45) is 5.73 Å². The zero-order valence-corrected chi connectivity index (χ0v) is 11.2. The average molecular weight is 296 g/mol. The van der Waals surface area contributed by atoms with Crippen LogP contribution in [0.1, 0.15) is 17.9 Å². The van der Waals surface area contributed by atoms with Crippen LogP contribution in [0.2, 0.25) is 0 Å². The molecule has 2 N–H and O–H groups in total. The average Bonchev–Trinajstić information content (AvgIpc) is 2.83. The van der Waals surface area contributed by atoms with Gasteiger partial charge in [-0.15, -0.1) is 0 Å². The van der Waals surface area contributed by atoms with E-state index in [1.807, 2.05) is 19.1 Å². The molecule has 1 aliphatic heterocycles. The van der Waals surface area contributed by atoms with Gasteiger partial charge in [0.1, 0.15) is 10.4 Å². The van der Waals surface area contributed by atoms with E-state index in [9.17, 15) is 0 Å². The van der Waals surface area contributed by atoms with Gasteiger partial charge in [0.25, 0.3) is 0 Å². The van der Waals surface area contributed by atoms with Crippen LogP contribution >= 0.6 is 15.9 Å². The van der Waals surface area contributed by atoms with Gasteiger partial charge in [0.05, 0.1) is 5.69 Å². The maximum absolute atomic E-state index is 6.02. The highest BCUT2D eigenvalue weighted by Crippen LogP contribution is 2.30. The molecule has 5 heteroatoms. The van der Waals surface area contributed by atoms with E-state index < -0.39 is 0 Å². The van der Waals surface area contributed by atoms with Crippen LogP contribution < -0.4 is 5.73 Å². The maximum atomic E-state index is 6.02. The molecule has 0 aliphatic carbocycles. The number of aryl methyl sites for hydroxylation is 1. The summed E-state index contributed by atoms with van der Waals surface area (Å²) >= 11 is 3.51. The minimum Gasteiger partial charge on any atom is -0.458 e. The number of furan rings is 1. The molecule has 0 amide bonds. The number of nitrogens with zero attached hydrogens (tertiary/aromatic N) is 2. The summed E-state index contributed by atoms with van der Waals surface area (Å²) in [5.41, 5.74) is 7.23. The monoisotopic (exact) mass is 295 g/mol. The lowest BCUT2D eigenvalue weighted by Gasteiger charge is -2.21. The summed E-state index contributed by atoms with van der Waals surface area (Å²) in [5, 5.41) is 0. The van der Waals surface area contributed by atoms with E-state index in [1.165, 1.54) is 5.69 Å². The minimum atomic E-state index is 0.207. The van der Waals surface area contributed by atoms with E-state index in [4.69, 9.17) is 10.2 Å². The zero-order valence-electron chi connectivity index (χ0n) is 9.61. The molecule has 2 aromatic heterocycles. The topological polar surface area (TPSA) is 57.0 Å². The van der Waals surface area contributed by atoms with Gasteiger partial charge in [0.2, 0.25) is 0 Å². The van der Waals surface area contributed by atoms with Gasteiger partial charge < -0.3 is 14.7 Å². The summed E-state index contributed by atoms with van der Waals surface area (Å²) in [4.78, 5) is 4.54. The molecule has 1 unspecified atom stereocenters. The molecule has 90 valence electrons. The summed E-state index contributed by atoms with van der Waals surface area (Å²) in [6.45, 7) is 2.74. The van der Waals surface area contributed by atoms with Crippen LogP contribution in [0.25, 0.3) is 11.6 Å². The van der Waals surface area contributed by atoms with Gasteiger partial charge in [-0.05, 0) is 47.8 Å². The number of nitrogens with two attached hydrogens (primary N) is 1. The summed E-state index contributed by atoms with van der Waals surface area (Å²) in [6, 6.07) is 4.11. The van der Waals surface area contributed by atoms with Crippen molar-refractivity contribution in [3.8, 4) is 11.6 Å². The SMILES string of the molecule is Cc1ccc(-c2nc(Br)c3n2CC(N)CC3)o1. The maximum Gasteiger partial charge on any atom is 0.177 e. The van der Waals surface area contributed by atoms with Crippen molar-refractivity contribution in [3.05, 3.63) is 28.2 Å². The Morgan fingerprint density at radius 1 is 1.53 bits per heavy atom. The second kappa shape index (κ2) is 3.99. The third-order valence-corrected chi connectivity index (χ3v) is 3.79. The lowest BCUT2D eigenvalue weighted by atomic mass is 10.1. The summed E-state index contributed by atoms with van der Waals surface area (Å²) < 4.78 is 8.71. The molecule has 0 fully saturated rings. The van der Waals surface area contributed by atoms with Gasteiger partial charge in [-0.1, -0.05) is 0 Å². The third kappa shape index (κ3) is 1.83. The van der Waals surface area contributed by atoms with Gasteiger partial charge in [-0.25, -0.2) is 4.98 Å². The summed E-state index contributed by atoms with van der Waals surface area (Å²) in [5.74, 6) is 2.58. The number of hydrogen-bond acceptors (Lipinski definition) is 3. The number of hydrogen-bond donors (Lipinski definition) is 1. The van der Waals surface area contributed by atoms with Gasteiger partial charge in [-0.2, -0.15) is 0 Å². The van der Waals surface area contributed by atoms with Crippen molar-refractivity contribution >= 4 is 15.9 Å². The van der Waals surface area contributed by atoms with Gasteiger partial charge in [0.15, 0.2) is 11.6 Å². The van der Waals surface area contributed by atoms with Gasteiger partial charge in [0, 0.05) is 12.6 Å². The van der Waals surface area contributed by atoms with Gasteiger partial charge in [-0.3, -0.25) is 0 Å². The molecule has 17 heavy (non-hydrogen) atoms. The number of rotatable bonds is 1. The summed E-state index contributed by atoms with van der Waals surface area (Å²) in [6.07, 6.45) is 1.98. The first-order valence-corrected chi connectivity index (χ1v) is 6.51. The second-order valence-corrected chi connectivity index (χ2v) is 5.24. The van der Waals surface area contributed by atoms with E-state index in [-0.39, 0.29) is 6.04 Å². The van der Waals surface area contributed by atoms with E-state index in [1.54, 1.807) is 0 Å². The fourth-order valence-corrected chi connectivity index (χ4v) is 2.86. The van der Waals surface area contributed by atoms with Crippen LogP contribution in [0.5, 0.6) is 0 Å². The first-order valence-electron chi connectivity index (χ1n) is 5.72. The van der Waals surface area contributed by atoms with Gasteiger partial charge >= 0.3 is 0 Å². The lowest BCUT2D eigenvalue weighted by Crippen LogP contribution is -2.32. The van der Waals surface area contributed by atoms with Crippen molar-refractivity contribution in [3.63, 3.8) is 0 Å². The molecular weight excluding hydrogens is 282 g/mol. The molecular formula is C12H14BrN3O. The second-order valence-electron chi connectivity index (χ2n) is 4.49. The first-order chi connectivity index (χ1) is 8.15. The predicted molar refractivity (Wildman–Crippen MR) is 68.7 cm³/mol. The molecule has 0 bridgehead atoms. The molecule has 0 radical (unpaired) electrons. The van der Waals surface area contributed by atoms with E-state index in [0.29, 0.717) is 0 Å². The van der Waals surface area contributed by atoms with Crippen LogP contribution in [-0.4, -0.2) is 15.6 Å². The fourth-order valence-electron chi connectivity index (χ4n) is 2.28. The molecule has 4 nitrogen and oxygen atoms in total. The molecule has 0 saturated heterocycles. The Hall–Kier alpha value is -1.07. The van der Waals surface area contributed by atoms with Crippen LogP contribution in [0.4, 0.5) is 0 Å². The van der Waals surface area contributed by atoms with E-state index in [2.05, 4.69) is 25.5 Å². The molecule has 1 aliphatic rings. The number of aromatic nitrogens is 2. The van der Waals surface area contributed by atoms with Crippen molar-refractivity contribution in [2.75, 3.05) is 0 Å². The van der Waals surface area contributed by atoms with Crippen LogP contribution in [0.3, 0.4) is 0 Å². The van der Waals surface area contributed by atoms with Crippen molar-refractivity contribution in [1.29, 1.82) is 0 Å². The largest absolute Gasteiger partial charge is 0.458 e. The van der Waals surface area contributed by atoms with Crippen LogP contribution in [0.15, 0.2) is 21.2 Å². The predicted octanol–water partition coefficient (Wildman–Crippen LogP) is 2.49. The number of halogens is 1. The highest BCUT2D eigenvalue weighted by molar-refractivity contribution is 9.10.